The predicted octanol–water partition coefficient (Wildman–Crippen LogP) is 19.6. The van der Waals surface area contributed by atoms with E-state index >= 15 is 0 Å². The van der Waals surface area contributed by atoms with Crippen LogP contribution in [-0.2, 0) is 28.6 Å². The summed E-state index contributed by atoms with van der Waals surface area (Å²) in [6.07, 6.45) is 80.4. The maximum absolute atomic E-state index is 12.8. The molecule has 0 amide bonds. The second-order valence-corrected chi connectivity index (χ2v) is 18.8. The summed E-state index contributed by atoms with van der Waals surface area (Å²) in [6, 6.07) is 0. The van der Waals surface area contributed by atoms with Crippen LogP contribution in [0.3, 0.4) is 0 Å². The van der Waals surface area contributed by atoms with Crippen LogP contribution in [0.4, 0.5) is 0 Å². The molecule has 0 aliphatic carbocycles. The zero-order valence-electron chi connectivity index (χ0n) is 45.9. The van der Waals surface area contributed by atoms with E-state index in [9.17, 15) is 14.4 Å². The highest BCUT2D eigenvalue weighted by atomic mass is 16.6. The highest BCUT2D eigenvalue weighted by Gasteiger charge is 2.19. The first-order valence-corrected chi connectivity index (χ1v) is 29.0. The summed E-state index contributed by atoms with van der Waals surface area (Å²) >= 11 is 0. The van der Waals surface area contributed by atoms with Crippen molar-refractivity contribution in [1.82, 2.24) is 0 Å². The SMILES string of the molecule is CC/C=C\C/C=C\C/C=C\C/C=C\C/C=C\C/C=C\C/C=C\CCCCCCCC(=O)OCC(COC(=O)CCCCCCC/C=C\CCCCC)OC(=O)CCCCCCC/C=C\C/C=C\CCCC. The molecule has 6 nitrogen and oxygen atoms in total. The van der Waals surface area contributed by atoms with Crippen molar-refractivity contribution in [2.45, 2.75) is 258 Å². The van der Waals surface area contributed by atoms with Crippen LogP contribution in [0.2, 0.25) is 0 Å². The monoisotopic (exact) mass is 983 g/mol. The number of allylic oxidation sites excluding steroid dienone is 20. The van der Waals surface area contributed by atoms with Gasteiger partial charge in [0, 0.05) is 19.3 Å². The molecule has 6 heteroatoms. The fourth-order valence-corrected chi connectivity index (χ4v) is 7.55. The highest BCUT2D eigenvalue weighted by Crippen LogP contribution is 2.13. The smallest absolute Gasteiger partial charge is 0.306 e. The number of carbonyl (C=O) groups excluding carboxylic acids is 3. The van der Waals surface area contributed by atoms with Crippen LogP contribution in [0, 0.1) is 0 Å². The van der Waals surface area contributed by atoms with Gasteiger partial charge in [0.05, 0.1) is 0 Å². The van der Waals surface area contributed by atoms with Gasteiger partial charge in [-0.05, 0) is 128 Å². The van der Waals surface area contributed by atoms with Crippen molar-refractivity contribution in [2.75, 3.05) is 13.2 Å². The molecule has 0 aromatic rings. The zero-order chi connectivity index (χ0) is 51.4. The van der Waals surface area contributed by atoms with Crippen molar-refractivity contribution in [3.8, 4) is 0 Å². The number of rotatable bonds is 51. The minimum Gasteiger partial charge on any atom is -0.462 e. The van der Waals surface area contributed by atoms with Gasteiger partial charge in [-0.15, -0.1) is 0 Å². The van der Waals surface area contributed by atoms with Gasteiger partial charge in [-0.1, -0.05) is 226 Å². The Morgan fingerprint density at radius 2 is 0.563 bits per heavy atom. The molecule has 402 valence electrons. The second-order valence-electron chi connectivity index (χ2n) is 18.8. The number of ether oxygens (including phenoxy) is 3. The van der Waals surface area contributed by atoms with E-state index in [1.54, 1.807) is 0 Å². The molecule has 0 bridgehead atoms. The summed E-state index contributed by atoms with van der Waals surface area (Å²) in [7, 11) is 0. The van der Waals surface area contributed by atoms with Crippen molar-refractivity contribution in [3.63, 3.8) is 0 Å². The lowest BCUT2D eigenvalue weighted by atomic mass is 10.1. The minimum absolute atomic E-state index is 0.0969. The molecule has 0 aromatic heterocycles. The Hall–Kier alpha value is -4.19. The first-order valence-electron chi connectivity index (χ1n) is 29.0. The van der Waals surface area contributed by atoms with E-state index in [0.717, 1.165) is 161 Å². The van der Waals surface area contributed by atoms with Crippen molar-refractivity contribution in [2.24, 2.45) is 0 Å². The molecule has 0 heterocycles. The number of hydrogen-bond donors (Lipinski definition) is 0. The number of unbranched alkanes of at least 4 members (excludes halogenated alkanes) is 20. The standard InChI is InChI=1S/C65H106O6/c1-4-7-10-13-16-19-22-25-27-28-29-30-31-32-33-34-35-36-37-38-39-41-43-46-49-52-55-58-64(67)70-61-62(60-69-63(66)57-54-51-48-45-42-24-21-18-15-12-9-6-3)71-65(68)59-56-53-50-47-44-40-26-23-20-17-14-11-8-5-2/h7,10,14,16-19,21,23,25-27,29-30,32-33,35-36,38-39,62H,4-6,8-9,11-13,15,20,22,24,28,31,34,37,40-61H2,1-3H3/b10-7-,17-14-,19-16-,21-18-,26-23-,27-25-,30-29-,33-32-,36-35-,39-38-. The average Bonchev–Trinajstić information content (AvgIpc) is 3.37. The lowest BCUT2D eigenvalue weighted by Gasteiger charge is -2.18. The van der Waals surface area contributed by atoms with Gasteiger partial charge >= 0.3 is 17.9 Å². The van der Waals surface area contributed by atoms with Crippen molar-refractivity contribution < 1.29 is 28.6 Å². The van der Waals surface area contributed by atoms with Gasteiger partial charge < -0.3 is 14.2 Å². The first-order chi connectivity index (χ1) is 35.0. The molecule has 0 rings (SSSR count). The first kappa shape index (κ1) is 66.8. The van der Waals surface area contributed by atoms with Crippen LogP contribution >= 0.6 is 0 Å². The number of hydrogen-bond acceptors (Lipinski definition) is 6. The third-order valence-corrected chi connectivity index (χ3v) is 11.9. The summed E-state index contributed by atoms with van der Waals surface area (Å²) < 4.78 is 16.8. The Labute approximate surface area is 437 Å². The fourth-order valence-electron chi connectivity index (χ4n) is 7.55. The molecule has 0 aliphatic rings. The maximum atomic E-state index is 12.8. The van der Waals surface area contributed by atoms with E-state index in [1.807, 2.05) is 0 Å². The van der Waals surface area contributed by atoms with E-state index in [1.165, 1.54) is 51.4 Å². The van der Waals surface area contributed by atoms with Crippen molar-refractivity contribution in [1.29, 1.82) is 0 Å². The number of carbonyl (C=O) groups is 3. The molecule has 0 radical (unpaired) electrons. The lowest BCUT2D eigenvalue weighted by Crippen LogP contribution is -2.30. The third kappa shape index (κ3) is 56.6. The molecular formula is C65H106O6. The molecular weight excluding hydrogens is 877 g/mol. The summed E-state index contributed by atoms with van der Waals surface area (Å²) in [5.41, 5.74) is 0. The largest absolute Gasteiger partial charge is 0.462 e. The van der Waals surface area contributed by atoms with Gasteiger partial charge in [0.15, 0.2) is 6.10 Å². The molecule has 0 saturated heterocycles. The minimum atomic E-state index is -0.800. The highest BCUT2D eigenvalue weighted by molar-refractivity contribution is 5.71. The van der Waals surface area contributed by atoms with Gasteiger partial charge in [-0.3, -0.25) is 14.4 Å². The molecule has 0 saturated carbocycles. The summed E-state index contributed by atoms with van der Waals surface area (Å²) in [5, 5.41) is 0. The van der Waals surface area contributed by atoms with Gasteiger partial charge in [0.1, 0.15) is 13.2 Å². The normalized spacial score (nSPS) is 13.0. The summed E-state index contributed by atoms with van der Waals surface area (Å²) in [5.74, 6) is -0.942. The molecule has 0 fully saturated rings. The van der Waals surface area contributed by atoms with E-state index in [4.69, 9.17) is 14.2 Å². The molecule has 0 aliphatic heterocycles. The predicted molar refractivity (Wildman–Crippen MR) is 306 cm³/mol. The Morgan fingerprint density at radius 3 is 0.915 bits per heavy atom. The maximum Gasteiger partial charge on any atom is 0.306 e. The lowest BCUT2D eigenvalue weighted by molar-refractivity contribution is -0.167. The van der Waals surface area contributed by atoms with Crippen molar-refractivity contribution >= 4 is 17.9 Å². The van der Waals surface area contributed by atoms with Gasteiger partial charge in [0.25, 0.3) is 0 Å². The van der Waals surface area contributed by atoms with E-state index < -0.39 is 6.10 Å². The second kappa shape index (κ2) is 58.4. The zero-order valence-corrected chi connectivity index (χ0v) is 45.9. The van der Waals surface area contributed by atoms with Gasteiger partial charge in [0.2, 0.25) is 0 Å². The molecule has 1 atom stereocenters. The molecule has 1 unspecified atom stereocenters. The summed E-state index contributed by atoms with van der Waals surface area (Å²) in [6.45, 7) is 6.42. The average molecular weight is 984 g/mol. The Balaban J connectivity index is 4.37. The third-order valence-electron chi connectivity index (χ3n) is 11.9. The Bertz CT molecular complexity index is 1500. The fraction of sp³-hybridized carbons (Fsp3) is 0.646. The summed E-state index contributed by atoms with van der Waals surface area (Å²) in [4.78, 5) is 38.1. The van der Waals surface area contributed by atoms with E-state index in [2.05, 4.69) is 142 Å². The van der Waals surface area contributed by atoms with Gasteiger partial charge in [-0.2, -0.15) is 0 Å². The van der Waals surface area contributed by atoms with Crippen LogP contribution in [-0.4, -0.2) is 37.2 Å². The number of esters is 3. The van der Waals surface area contributed by atoms with Gasteiger partial charge in [-0.25, -0.2) is 0 Å². The Kier molecular flexibility index (Phi) is 54.9. The molecule has 0 aromatic carbocycles. The molecule has 0 N–H and O–H groups in total. The van der Waals surface area contributed by atoms with Crippen LogP contribution in [0.25, 0.3) is 0 Å². The quantitative estimate of drug-likeness (QED) is 0.0261. The van der Waals surface area contributed by atoms with Crippen LogP contribution in [0.5, 0.6) is 0 Å². The molecule has 0 spiro atoms. The Morgan fingerprint density at radius 1 is 0.296 bits per heavy atom. The van der Waals surface area contributed by atoms with E-state index in [0.29, 0.717) is 19.3 Å². The van der Waals surface area contributed by atoms with Crippen LogP contribution in [0.15, 0.2) is 122 Å². The van der Waals surface area contributed by atoms with Crippen molar-refractivity contribution in [3.05, 3.63) is 122 Å². The van der Waals surface area contributed by atoms with Crippen LogP contribution < -0.4 is 0 Å². The van der Waals surface area contributed by atoms with E-state index in [-0.39, 0.29) is 31.1 Å². The molecule has 71 heavy (non-hydrogen) atoms. The topological polar surface area (TPSA) is 78.9 Å². The van der Waals surface area contributed by atoms with Crippen LogP contribution in [0.1, 0.15) is 252 Å².